The van der Waals surface area contributed by atoms with E-state index < -0.39 is 20.9 Å². The number of sulfonamides is 1. The highest BCUT2D eigenvalue weighted by Gasteiger charge is 2.29. The van der Waals surface area contributed by atoms with Gasteiger partial charge in [-0.15, -0.1) is 0 Å². The number of nitro benzene ring substituents is 1. The summed E-state index contributed by atoms with van der Waals surface area (Å²) in [6.07, 6.45) is 4.81. The maximum absolute atomic E-state index is 13.1. The molecule has 0 unspecified atom stereocenters. The molecule has 2 aromatic carbocycles. The fraction of sp³-hybridized carbons (Fsp3) is 0.381. The van der Waals surface area contributed by atoms with Crippen molar-refractivity contribution in [1.29, 1.82) is 0 Å². The monoisotopic (exact) mass is 431 g/mol. The molecule has 1 saturated carbocycles. The molecule has 160 valence electrons. The van der Waals surface area contributed by atoms with Gasteiger partial charge in [0.15, 0.2) is 0 Å². The molecule has 0 aromatic heterocycles. The van der Waals surface area contributed by atoms with Crippen molar-refractivity contribution in [3.63, 3.8) is 0 Å². The van der Waals surface area contributed by atoms with Crippen LogP contribution in [-0.2, 0) is 10.0 Å². The van der Waals surface area contributed by atoms with Crippen molar-refractivity contribution in [2.75, 3.05) is 12.4 Å². The summed E-state index contributed by atoms with van der Waals surface area (Å²) in [5, 5.41) is 13.6. The van der Waals surface area contributed by atoms with Crippen LogP contribution in [0.4, 0.5) is 11.4 Å². The molecule has 1 N–H and O–H groups in total. The van der Waals surface area contributed by atoms with Gasteiger partial charge in [0.05, 0.1) is 15.5 Å². The normalized spacial score (nSPS) is 15.2. The number of carbonyl (C=O) groups excluding carboxylic acids is 1. The topological polar surface area (TPSA) is 110 Å². The van der Waals surface area contributed by atoms with Gasteiger partial charge in [0, 0.05) is 30.8 Å². The van der Waals surface area contributed by atoms with E-state index in [0.29, 0.717) is 11.3 Å². The van der Waals surface area contributed by atoms with Crippen molar-refractivity contribution in [3.05, 3.63) is 63.7 Å². The van der Waals surface area contributed by atoms with Crippen LogP contribution < -0.4 is 5.32 Å². The average Bonchev–Trinajstić information content (AvgIpc) is 2.75. The number of aryl methyl sites for hydroxylation is 1. The zero-order valence-corrected chi connectivity index (χ0v) is 17.8. The maximum atomic E-state index is 13.1. The molecule has 30 heavy (non-hydrogen) atoms. The van der Waals surface area contributed by atoms with Gasteiger partial charge < -0.3 is 5.32 Å². The van der Waals surface area contributed by atoms with E-state index in [0.717, 1.165) is 32.1 Å². The van der Waals surface area contributed by atoms with Gasteiger partial charge in [-0.2, -0.15) is 4.31 Å². The van der Waals surface area contributed by atoms with E-state index in [1.165, 1.54) is 40.7 Å². The van der Waals surface area contributed by atoms with Gasteiger partial charge in [-0.05, 0) is 43.5 Å². The Labute approximate surface area is 176 Å². The van der Waals surface area contributed by atoms with Crippen LogP contribution in [0, 0.1) is 17.0 Å². The lowest BCUT2D eigenvalue weighted by molar-refractivity contribution is -0.384. The predicted molar refractivity (Wildman–Crippen MR) is 114 cm³/mol. The van der Waals surface area contributed by atoms with Gasteiger partial charge in [0.1, 0.15) is 0 Å². The Morgan fingerprint density at radius 1 is 1.13 bits per heavy atom. The van der Waals surface area contributed by atoms with Crippen LogP contribution in [-0.4, -0.2) is 36.6 Å². The van der Waals surface area contributed by atoms with Crippen LogP contribution in [0.1, 0.15) is 48.0 Å². The number of nitrogens with one attached hydrogen (secondary N) is 1. The Bertz CT molecular complexity index is 1060. The first kappa shape index (κ1) is 21.9. The molecular weight excluding hydrogens is 406 g/mol. The minimum absolute atomic E-state index is 0.0336. The van der Waals surface area contributed by atoms with Crippen molar-refractivity contribution in [2.45, 2.75) is 50.0 Å². The lowest BCUT2D eigenvalue weighted by Crippen LogP contribution is -2.38. The lowest BCUT2D eigenvalue weighted by Gasteiger charge is -2.30. The molecule has 0 saturated heterocycles. The quantitative estimate of drug-likeness (QED) is 0.547. The molecule has 3 rings (SSSR count). The number of hydrogen-bond donors (Lipinski definition) is 1. The van der Waals surface area contributed by atoms with Crippen LogP contribution in [0.2, 0.25) is 0 Å². The molecule has 0 radical (unpaired) electrons. The molecular formula is C21H25N3O5S. The third-order valence-electron chi connectivity index (χ3n) is 5.54. The first-order chi connectivity index (χ1) is 14.2. The van der Waals surface area contributed by atoms with E-state index in [4.69, 9.17) is 0 Å². The van der Waals surface area contributed by atoms with Gasteiger partial charge in [-0.3, -0.25) is 14.9 Å². The van der Waals surface area contributed by atoms with Crippen molar-refractivity contribution in [2.24, 2.45) is 0 Å². The first-order valence-corrected chi connectivity index (χ1v) is 11.3. The molecule has 1 amide bonds. The second kappa shape index (κ2) is 8.93. The molecule has 1 aliphatic rings. The molecule has 0 spiro atoms. The summed E-state index contributed by atoms with van der Waals surface area (Å²) < 4.78 is 27.5. The zero-order valence-electron chi connectivity index (χ0n) is 17.0. The fourth-order valence-corrected chi connectivity index (χ4v) is 5.12. The smallest absolute Gasteiger partial charge is 0.271 e. The molecule has 0 aliphatic heterocycles. The second-order valence-corrected chi connectivity index (χ2v) is 9.55. The van der Waals surface area contributed by atoms with Crippen molar-refractivity contribution in [1.82, 2.24) is 4.31 Å². The summed E-state index contributed by atoms with van der Waals surface area (Å²) >= 11 is 0. The maximum Gasteiger partial charge on any atom is 0.271 e. The number of hydrogen-bond acceptors (Lipinski definition) is 5. The van der Waals surface area contributed by atoms with E-state index in [1.54, 1.807) is 20.0 Å². The van der Waals surface area contributed by atoms with Gasteiger partial charge in [-0.25, -0.2) is 8.42 Å². The fourth-order valence-electron chi connectivity index (χ4n) is 3.66. The van der Waals surface area contributed by atoms with E-state index in [1.807, 2.05) is 0 Å². The molecule has 2 aromatic rings. The molecule has 1 aliphatic carbocycles. The number of amides is 1. The van der Waals surface area contributed by atoms with Gasteiger partial charge in [-0.1, -0.05) is 31.4 Å². The minimum Gasteiger partial charge on any atom is -0.321 e. The lowest BCUT2D eigenvalue weighted by atomic mass is 9.96. The summed E-state index contributed by atoms with van der Waals surface area (Å²) in [7, 11) is -2.14. The van der Waals surface area contributed by atoms with Crippen LogP contribution >= 0.6 is 0 Å². The van der Waals surface area contributed by atoms with Gasteiger partial charge >= 0.3 is 0 Å². The largest absolute Gasteiger partial charge is 0.321 e. The SMILES string of the molecule is Cc1ccc([N+](=O)[O-])cc1NC(=O)c1cccc(S(=O)(=O)N(C)C2CCCCC2)c1. The van der Waals surface area contributed by atoms with Gasteiger partial charge in [0.2, 0.25) is 10.0 Å². The second-order valence-electron chi connectivity index (χ2n) is 7.55. The first-order valence-electron chi connectivity index (χ1n) is 9.84. The number of anilines is 1. The predicted octanol–water partition coefficient (Wildman–Crippen LogP) is 4.11. The minimum atomic E-state index is -3.73. The van der Waals surface area contributed by atoms with Crippen molar-refractivity contribution >= 4 is 27.3 Å². The molecule has 0 atom stereocenters. The number of nitrogens with zero attached hydrogens (tertiary/aromatic N) is 2. The Morgan fingerprint density at radius 2 is 1.83 bits per heavy atom. The summed E-state index contributed by atoms with van der Waals surface area (Å²) in [6.45, 7) is 1.72. The van der Waals surface area contributed by atoms with E-state index >= 15 is 0 Å². The Morgan fingerprint density at radius 3 is 2.50 bits per heavy atom. The number of benzene rings is 2. The third-order valence-corrected chi connectivity index (χ3v) is 7.45. The van der Waals surface area contributed by atoms with Gasteiger partial charge in [0.25, 0.3) is 11.6 Å². The molecule has 0 bridgehead atoms. The highest BCUT2D eigenvalue weighted by Crippen LogP contribution is 2.27. The molecule has 8 nitrogen and oxygen atoms in total. The molecule has 1 fully saturated rings. The summed E-state index contributed by atoms with van der Waals surface area (Å²) in [5.74, 6) is -0.532. The average molecular weight is 432 g/mol. The van der Waals surface area contributed by atoms with Crippen LogP contribution in [0.3, 0.4) is 0 Å². The highest BCUT2D eigenvalue weighted by atomic mass is 32.2. The zero-order chi connectivity index (χ0) is 21.9. The summed E-state index contributed by atoms with van der Waals surface area (Å²) in [4.78, 5) is 23.2. The number of carbonyl (C=O) groups is 1. The molecule has 0 heterocycles. The Hall–Kier alpha value is -2.78. The molecule has 9 heteroatoms. The number of non-ortho nitro benzene ring substituents is 1. The van der Waals surface area contributed by atoms with E-state index in [2.05, 4.69) is 5.32 Å². The van der Waals surface area contributed by atoms with Crippen molar-refractivity contribution < 1.29 is 18.1 Å². The van der Waals surface area contributed by atoms with Crippen molar-refractivity contribution in [3.8, 4) is 0 Å². The summed E-state index contributed by atoms with van der Waals surface area (Å²) in [5.41, 5.74) is 0.997. The number of rotatable bonds is 6. The third kappa shape index (κ3) is 4.68. The Balaban J connectivity index is 1.83. The Kier molecular flexibility index (Phi) is 6.52. The van der Waals surface area contributed by atoms with E-state index in [-0.39, 0.29) is 22.2 Å². The highest BCUT2D eigenvalue weighted by molar-refractivity contribution is 7.89. The van der Waals surface area contributed by atoms with Crippen LogP contribution in [0.5, 0.6) is 0 Å². The summed E-state index contributed by atoms with van der Waals surface area (Å²) in [6, 6.07) is 10.0. The number of nitro groups is 1. The van der Waals surface area contributed by atoms with Crippen LogP contribution in [0.25, 0.3) is 0 Å². The standard InChI is InChI=1S/C21H25N3O5S/c1-15-11-12-18(24(26)27)14-20(15)22-21(25)16-7-6-10-19(13-16)30(28,29)23(2)17-8-4-3-5-9-17/h6-7,10-14,17H,3-5,8-9H2,1-2H3,(H,22,25). The van der Waals surface area contributed by atoms with Crippen LogP contribution in [0.15, 0.2) is 47.4 Å². The van der Waals surface area contributed by atoms with E-state index in [9.17, 15) is 23.3 Å².